The quantitative estimate of drug-likeness (QED) is 0.0336. The Balaban J connectivity index is 4.66. The molecule has 0 saturated heterocycles. The molecule has 0 saturated carbocycles. The van der Waals surface area contributed by atoms with Crippen molar-refractivity contribution < 1.29 is 22.8 Å². The van der Waals surface area contributed by atoms with Gasteiger partial charge in [-0.05, 0) is 38.5 Å². The number of unbranched alkanes of at least 4 members (excludes halogenated alkanes) is 36. The molecule has 0 bridgehead atoms. The van der Waals surface area contributed by atoms with Gasteiger partial charge in [0.1, 0.15) is 0 Å². The van der Waals surface area contributed by atoms with Crippen molar-refractivity contribution in [2.45, 2.75) is 290 Å². The molecule has 0 N–H and O–H groups in total. The fourth-order valence-corrected chi connectivity index (χ4v) is 12.2. The summed E-state index contributed by atoms with van der Waals surface area (Å²) in [6, 6.07) is 0. The molecule has 428 valence electrons. The molecule has 0 aliphatic carbocycles. The molecule has 0 aromatic heterocycles. The Labute approximate surface area is 463 Å². The van der Waals surface area contributed by atoms with Crippen LogP contribution in [0.5, 0.6) is 0 Å². The zero-order chi connectivity index (χ0) is 53.3. The van der Waals surface area contributed by atoms with Gasteiger partial charge in [0.05, 0.1) is 0 Å². The Kier molecular flexibility index (Phi) is 56.8. The molecular weight excluding hydrogens is 1100 g/mol. The van der Waals surface area contributed by atoms with Crippen LogP contribution in [0.3, 0.4) is 0 Å². The average molecular weight is 1220 g/mol. The summed E-state index contributed by atoms with van der Waals surface area (Å²) < 4.78 is 17.2. The third kappa shape index (κ3) is 56.4. The van der Waals surface area contributed by atoms with E-state index in [-0.39, 0.29) is 19.6 Å². The Morgan fingerprint density at radius 2 is 0.466 bits per heavy atom. The number of nitrogens with zero attached hydrogens (tertiary/aromatic N) is 3. The summed E-state index contributed by atoms with van der Waals surface area (Å²) in [5.41, 5.74) is 0. The van der Waals surface area contributed by atoms with Gasteiger partial charge in [-0.3, -0.25) is 0 Å². The molecule has 9 nitrogen and oxygen atoms in total. The molecule has 0 unspecified atom stereocenters. The molecule has 0 heterocycles. The topological polar surface area (TPSA) is 88.6 Å². The Hall–Kier alpha value is -1.61. The van der Waals surface area contributed by atoms with E-state index in [1.165, 1.54) is 231 Å². The van der Waals surface area contributed by atoms with Gasteiger partial charge in [0, 0.05) is 0 Å². The normalized spacial score (nSPS) is 12.1. The van der Waals surface area contributed by atoms with E-state index in [1.807, 2.05) is 35.8 Å². The smallest absolute Gasteiger partial charge is 0.0885 e. The predicted molar refractivity (Wildman–Crippen MR) is 315 cm³/mol. The standard InChI is InChI=1S/3C21H41NO2.Bi/c3*1-3-4-5-6-7-8-9-10-11-12-13-14-15-16-17-18-19-22(2)20-21(23)24;/h3*10-11H,3-9,12-20H2,1-2H3,(H,23,24);/q;;;+3/p-3/b3*11-10-;. The van der Waals surface area contributed by atoms with Crippen molar-refractivity contribution >= 4 is 41.0 Å². The number of carbonyl (C=O) groups is 3. The number of hydrogen-bond donors (Lipinski definition) is 0. The maximum absolute atomic E-state index is 13.2. The molecule has 0 aromatic rings. The second-order valence-corrected chi connectivity index (χ2v) is 25.5. The van der Waals surface area contributed by atoms with E-state index in [1.54, 1.807) is 0 Å². The van der Waals surface area contributed by atoms with Crippen molar-refractivity contribution in [2.75, 3.05) is 60.4 Å². The van der Waals surface area contributed by atoms with Crippen molar-refractivity contribution in [3.8, 4) is 0 Å². The van der Waals surface area contributed by atoms with Crippen LogP contribution in [-0.2, 0) is 22.8 Å². The van der Waals surface area contributed by atoms with Crippen LogP contribution in [0, 0.1) is 0 Å². The summed E-state index contributed by atoms with van der Waals surface area (Å²) in [6.45, 7) is 9.34. The molecule has 0 aliphatic heterocycles. The van der Waals surface area contributed by atoms with E-state index >= 15 is 0 Å². The number of carbonyl (C=O) groups excluding carboxylic acids is 3. The van der Waals surface area contributed by atoms with Crippen LogP contribution in [0.15, 0.2) is 36.5 Å². The maximum atomic E-state index is 13.2. The minimum absolute atomic E-state index is 0.0672. The third-order valence-electron chi connectivity index (χ3n) is 13.9. The fraction of sp³-hybridized carbons (Fsp3) is 0.857. The number of rotatable bonds is 57. The van der Waals surface area contributed by atoms with Crippen LogP contribution in [-0.4, -0.2) is 116 Å². The Morgan fingerprint density at radius 1 is 0.288 bits per heavy atom. The zero-order valence-corrected chi connectivity index (χ0v) is 52.6. The molecule has 0 spiro atoms. The minimum Gasteiger partial charge on any atom is -0.0885 e. The van der Waals surface area contributed by atoms with Gasteiger partial charge in [-0.25, -0.2) is 0 Å². The Bertz CT molecular complexity index is 1140. The summed E-state index contributed by atoms with van der Waals surface area (Å²) >= 11 is -4.23. The van der Waals surface area contributed by atoms with Crippen molar-refractivity contribution in [3.05, 3.63) is 36.5 Å². The summed E-state index contributed by atoms with van der Waals surface area (Å²) in [7, 11) is 5.74. The number of likely N-dealkylation sites (N-methyl/N-ethyl adjacent to an activating group) is 3. The van der Waals surface area contributed by atoms with Crippen LogP contribution < -0.4 is 0 Å². The molecule has 0 rings (SSSR count). The van der Waals surface area contributed by atoms with E-state index in [9.17, 15) is 14.4 Å². The summed E-state index contributed by atoms with van der Waals surface area (Å²) in [5, 5.41) is 0. The molecule has 0 aromatic carbocycles. The van der Waals surface area contributed by atoms with Gasteiger partial charge >= 0.3 is 274 Å². The van der Waals surface area contributed by atoms with Crippen molar-refractivity contribution in [1.29, 1.82) is 0 Å². The third-order valence-corrected chi connectivity index (χ3v) is 18.0. The van der Waals surface area contributed by atoms with Crippen LogP contribution in [0.25, 0.3) is 0 Å². The first-order valence-electron chi connectivity index (χ1n) is 31.1. The molecule has 0 atom stereocenters. The van der Waals surface area contributed by atoms with Gasteiger partial charge in [0.2, 0.25) is 0 Å². The number of allylic oxidation sites excluding steroid dienone is 6. The first-order valence-corrected chi connectivity index (χ1v) is 35.4. The SMILES string of the molecule is CCCCCCCC/C=C\CCCCCCCCN(C)CC(=O)[O][Bi]([O]C(=O)CN(C)CCCCCCCC/C=C\CCCCCCCC)[O]C(=O)CN(C)CCCCCCCC/C=C\CCCCCCCC. The molecule has 0 amide bonds. The first kappa shape index (κ1) is 71.4. The monoisotopic (exact) mass is 1220 g/mol. The van der Waals surface area contributed by atoms with E-state index in [2.05, 4.69) is 57.2 Å². The second-order valence-electron chi connectivity index (χ2n) is 21.6. The molecule has 10 heteroatoms. The number of hydrogen-bond acceptors (Lipinski definition) is 9. The van der Waals surface area contributed by atoms with E-state index in [0.29, 0.717) is 0 Å². The van der Waals surface area contributed by atoms with Crippen molar-refractivity contribution in [3.63, 3.8) is 0 Å². The molecule has 0 aliphatic rings. The van der Waals surface area contributed by atoms with Crippen LogP contribution in [0.4, 0.5) is 0 Å². The average Bonchev–Trinajstić information content (AvgIpc) is 3.35. The fourth-order valence-electron chi connectivity index (χ4n) is 9.18. The second kappa shape index (κ2) is 58.1. The Morgan fingerprint density at radius 3 is 0.671 bits per heavy atom. The summed E-state index contributed by atoms with van der Waals surface area (Å²) in [4.78, 5) is 45.4. The van der Waals surface area contributed by atoms with E-state index < -0.39 is 41.0 Å². The molecule has 0 radical (unpaired) electrons. The van der Waals surface area contributed by atoms with Crippen LogP contribution in [0.1, 0.15) is 290 Å². The van der Waals surface area contributed by atoms with Crippen LogP contribution >= 0.6 is 0 Å². The molecule has 73 heavy (non-hydrogen) atoms. The van der Waals surface area contributed by atoms with Gasteiger partial charge in [-0.15, -0.1) is 0 Å². The molecule has 0 fully saturated rings. The van der Waals surface area contributed by atoms with E-state index in [0.717, 1.165) is 58.2 Å². The van der Waals surface area contributed by atoms with Gasteiger partial charge in [0.25, 0.3) is 0 Å². The van der Waals surface area contributed by atoms with Crippen molar-refractivity contribution in [1.82, 2.24) is 14.7 Å². The molecular formula is C63H120BiN3O6. The van der Waals surface area contributed by atoms with Gasteiger partial charge in [-0.1, -0.05) is 154 Å². The first-order chi connectivity index (χ1) is 35.7. The predicted octanol–water partition coefficient (Wildman–Crippen LogP) is 17.5. The van der Waals surface area contributed by atoms with Gasteiger partial charge in [-0.2, -0.15) is 0 Å². The summed E-state index contributed by atoms with van der Waals surface area (Å²) in [5.74, 6) is -1.50. The van der Waals surface area contributed by atoms with Crippen molar-refractivity contribution in [2.24, 2.45) is 0 Å². The van der Waals surface area contributed by atoms with Gasteiger partial charge in [0.15, 0.2) is 0 Å². The van der Waals surface area contributed by atoms with Crippen LogP contribution in [0.2, 0.25) is 0 Å². The van der Waals surface area contributed by atoms with Gasteiger partial charge < -0.3 is 0 Å². The summed E-state index contributed by atoms with van der Waals surface area (Å²) in [6.07, 6.45) is 67.1. The van der Waals surface area contributed by atoms with E-state index in [4.69, 9.17) is 8.44 Å². The minimum atomic E-state index is -4.23. The zero-order valence-electron chi connectivity index (χ0n) is 49.1.